The van der Waals surface area contributed by atoms with E-state index in [9.17, 15) is 4.79 Å². The third-order valence-electron chi connectivity index (χ3n) is 5.69. The number of para-hydroxylation sites is 1. The highest BCUT2D eigenvalue weighted by atomic mass is 35.5. The molecular weight excluding hydrogens is 535 g/mol. The number of carbonyl (C=O) groups excluding carboxylic acids is 1. The molecule has 1 aromatic heterocycles. The van der Waals surface area contributed by atoms with Gasteiger partial charge in [0.05, 0.1) is 27.5 Å². The molecule has 4 aromatic rings. The van der Waals surface area contributed by atoms with Gasteiger partial charge in [-0.15, -0.1) is 10.2 Å². The summed E-state index contributed by atoms with van der Waals surface area (Å²) in [5.74, 6) is 1.02. The fourth-order valence-electron chi connectivity index (χ4n) is 3.82. The number of halogens is 3. The second-order valence-electron chi connectivity index (χ2n) is 8.61. The van der Waals surface area contributed by atoms with Crippen LogP contribution in [0.3, 0.4) is 0 Å². The van der Waals surface area contributed by atoms with Gasteiger partial charge in [0.15, 0.2) is 11.0 Å². The molecule has 0 spiro atoms. The molecule has 1 heterocycles. The van der Waals surface area contributed by atoms with Crippen LogP contribution in [-0.2, 0) is 4.79 Å². The number of hydrogen-bond donors (Lipinski definition) is 1. The molecular formula is C27H25Cl3N4OS. The van der Waals surface area contributed by atoms with Crippen LogP contribution < -0.4 is 5.32 Å². The van der Waals surface area contributed by atoms with Crippen LogP contribution in [0.2, 0.25) is 15.1 Å². The number of carbonyl (C=O) groups is 1. The second kappa shape index (κ2) is 11.7. The van der Waals surface area contributed by atoms with Crippen molar-refractivity contribution in [3.05, 3.63) is 92.9 Å². The normalized spacial score (nSPS) is 12.1. The number of hydrogen-bond acceptors (Lipinski definition) is 4. The van der Waals surface area contributed by atoms with Gasteiger partial charge in [-0.3, -0.25) is 9.36 Å². The van der Waals surface area contributed by atoms with E-state index in [2.05, 4.69) is 41.5 Å². The van der Waals surface area contributed by atoms with Gasteiger partial charge in [-0.25, -0.2) is 0 Å². The molecule has 0 radical (unpaired) electrons. The zero-order valence-electron chi connectivity index (χ0n) is 20.0. The van der Waals surface area contributed by atoms with Crippen LogP contribution in [0, 0.1) is 0 Å². The minimum Gasteiger partial charge on any atom is -0.349 e. The first-order valence-corrected chi connectivity index (χ1v) is 13.5. The lowest BCUT2D eigenvalue weighted by atomic mass is 10.0. The quantitative estimate of drug-likeness (QED) is 0.222. The highest BCUT2D eigenvalue weighted by Crippen LogP contribution is 2.33. The Balaban J connectivity index is 1.60. The summed E-state index contributed by atoms with van der Waals surface area (Å²) in [7, 11) is 0. The molecule has 1 unspecified atom stereocenters. The fourth-order valence-corrected chi connectivity index (χ4v) is 5.01. The van der Waals surface area contributed by atoms with Gasteiger partial charge in [0.1, 0.15) is 0 Å². The smallest absolute Gasteiger partial charge is 0.230 e. The van der Waals surface area contributed by atoms with E-state index in [-0.39, 0.29) is 23.6 Å². The van der Waals surface area contributed by atoms with Crippen molar-refractivity contribution in [2.45, 2.75) is 37.9 Å². The minimum atomic E-state index is -0.225. The van der Waals surface area contributed by atoms with Gasteiger partial charge < -0.3 is 5.32 Å². The Morgan fingerprint density at radius 3 is 2.36 bits per heavy atom. The van der Waals surface area contributed by atoms with Crippen molar-refractivity contribution in [3.8, 4) is 17.1 Å². The van der Waals surface area contributed by atoms with Crippen LogP contribution in [-0.4, -0.2) is 26.4 Å². The average Bonchev–Trinajstić information content (AvgIpc) is 3.28. The lowest BCUT2D eigenvalue weighted by molar-refractivity contribution is -0.119. The zero-order valence-corrected chi connectivity index (χ0v) is 23.1. The van der Waals surface area contributed by atoms with Crippen LogP contribution >= 0.6 is 46.6 Å². The van der Waals surface area contributed by atoms with Gasteiger partial charge in [0.25, 0.3) is 0 Å². The number of amides is 1. The Labute approximate surface area is 230 Å². The van der Waals surface area contributed by atoms with Crippen molar-refractivity contribution < 1.29 is 4.79 Å². The topological polar surface area (TPSA) is 59.8 Å². The Kier molecular flexibility index (Phi) is 8.62. The summed E-state index contributed by atoms with van der Waals surface area (Å²) >= 11 is 19.6. The van der Waals surface area contributed by atoms with Crippen molar-refractivity contribution in [3.63, 3.8) is 0 Å². The summed E-state index contributed by atoms with van der Waals surface area (Å²) in [6.45, 7) is 6.20. The molecule has 9 heteroatoms. The van der Waals surface area contributed by atoms with E-state index in [0.717, 1.165) is 22.4 Å². The van der Waals surface area contributed by atoms with Gasteiger partial charge in [0, 0.05) is 10.6 Å². The number of nitrogens with one attached hydrogen (secondary N) is 1. The molecule has 1 N–H and O–H groups in total. The highest BCUT2D eigenvalue weighted by Gasteiger charge is 2.21. The maximum absolute atomic E-state index is 12.8. The van der Waals surface area contributed by atoms with E-state index < -0.39 is 0 Å². The van der Waals surface area contributed by atoms with Crippen molar-refractivity contribution in [1.82, 2.24) is 20.1 Å². The molecule has 5 nitrogen and oxygen atoms in total. The Bertz CT molecular complexity index is 1370. The van der Waals surface area contributed by atoms with Gasteiger partial charge in [0.2, 0.25) is 5.91 Å². The van der Waals surface area contributed by atoms with Crippen LogP contribution in [0.1, 0.15) is 43.9 Å². The summed E-state index contributed by atoms with van der Waals surface area (Å²) in [6, 6.07) is 20.8. The first kappa shape index (κ1) is 26.6. The lowest BCUT2D eigenvalue weighted by Crippen LogP contribution is -2.28. The Morgan fingerprint density at radius 1 is 0.944 bits per heavy atom. The van der Waals surface area contributed by atoms with E-state index >= 15 is 0 Å². The predicted octanol–water partition coefficient (Wildman–Crippen LogP) is 7.99. The average molecular weight is 560 g/mol. The highest BCUT2D eigenvalue weighted by molar-refractivity contribution is 7.99. The van der Waals surface area contributed by atoms with Crippen LogP contribution in [0.25, 0.3) is 17.1 Å². The van der Waals surface area contributed by atoms with Crippen molar-refractivity contribution >= 4 is 52.5 Å². The third-order valence-corrected chi connectivity index (χ3v) is 7.61. The molecule has 0 saturated carbocycles. The molecule has 0 saturated heterocycles. The first-order valence-electron chi connectivity index (χ1n) is 11.4. The van der Waals surface area contributed by atoms with Gasteiger partial charge in [-0.1, -0.05) is 84.7 Å². The first-order chi connectivity index (χ1) is 17.2. The van der Waals surface area contributed by atoms with E-state index in [4.69, 9.17) is 34.8 Å². The van der Waals surface area contributed by atoms with Crippen LogP contribution in [0.5, 0.6) is 0 Å². The number of benzene rings is 3. The number of rotatable bonds is 8. The lowest BCUT2D eigenvalue weighted by Gasteiger charge is -2.17. The number of nitrogens with zero attached hydrogens (tertiary/aromatic N) is 3. The van der Waals surface area contributed by atoms with E-state index in [1.165, 1.54) is 11.8 Å². The van der Waals surface area contributed by atoms with Crippen LogP contribution in [0.15, 0.2) is 71.9 Å². The fraction of sp³-hybridized carbons (Fsp3) is 0.222. The number of aromatic nitrogens is 3. The molecule has 1 atom stereocenters. The van der Waals surface area contributed by atoms with Crippen LogP contribution in [0.4, 0.5) is 0 Å². The monoisotopic (exact) mass is 558 g/mol. The van der Waals surface area contributed by atoms with Crippen molar-refractivity contribution in [2.75, 3.05) is 5.75 Å². The molecule has 4 rings (SSSR count). The molecule has 0 bridgehead atoms. The number of thioether (sulfide) groups is 1. The van der Waals surface area contributed by atoms with Crippen molar-refractivity contribution in [1.29, 1.82) is 0 Å². The molecule has 186 valence electrons. The minimum absolute atomic E-state index is 0.127. The van der Waals surface area contributed by atoms with E-state index in [1.54, 1.807) is 12.1 Å². The zero-order chi connectivity index (χ0) is 25.8. The maximum atomic E-state index is 12.8. The Morgan fingerprint density at radius 2 is 1.67 bits per heavy atom. The molecule has 36 heavy (non-hydrogen) atoms. The standard InChI is InChI=1S/C27H25Cl3N4OS/c1-16(2)21-6-4-5-7-24(21)34-26(18-8-11-20(28)12-9-18)32-33-27(34)36-15-25(35)31-17(3)19-10-13-22(29)23(30)14-19/h4-14,16-17H,15H2,1-3H3,(H,31,35). The van der Waals surface area contributed by atoms with E-state index in [1.807, 2.05) is 54.0 Å². The molecule has 0 fully saturated rings. The summed E-state index contributed by atoms with van der Waals surface area (Å²) < 4.78 is 2.01. The summed E-state index contributed by atoms with van der Waals surface area (Å²) in [4.78, 5) is 12.8. The summed E-state index contributed by atoms with van der Waals surface area (Å²) in [5, 5.41) is 14.2. The third kappa shape index (κ3) is 6.06. The van der Waals surface area contributed by atoms with Gasteiger partial charge in [-0.2, -0.15) is 0 Å². The maximum Gasteiger partial charge on any atom is 0.230 e. The summed E-state index contributed by atoms with van der Waals surface area (Å²) in [5.41, 5.74) is 3.90. The van der Waals surface area contributed by atoms with Crippen molar-refractivity contribution in [2.24, 2.45) is 0 Å². The second-order valence-corrected chi connectivity index (χ2v) is 10.8. The van der Waals surface area contributed by atoms with Gasteiger partial charge >= 0.3 is 0 Å². The SMILES string of the molecule is CC(C)c1ccccc1-n1c(SCC(=O)NC(C)c2ccc(Cl)c(Cl)c2)nnc1-c1ccc(Cl)cc1. The van der Waals surface area contributed by atoms with E-state index in [0.29, 0.717) is 26.0 Å². The molecule has 0 aliphatic heterocycles. The molecule has 0 aliphatic rings. The Hall–Kier alpha value is -2.51. The largest absolute Gasteiger partial charge is 0.349 e. The molecule has 0 aliphatic carbocycles. The predicted molar refractivity (Wildman–Crippen MR) is 150 cm³/mol. The summed E-state index contributed by atoms with van der Waals surface area (Å²) in [6.07, 6.45) is 0. The van der Waals surface area contributed by atoms with Gasteiger partial charge in [-0.05, 0) is 66.4 Å². The molecule has 3 aromatic carbocycles. The molecule has 1 amide bonds.